The summed E-state index contributed by atoms with van der Waals surface area (Å²) >= 11 is 5.94. The number of nitro groups is 1. The second-order valence-corrected chi connectivity index (χ2v) is 4.91. The number of carboxylic acids is 1. The number of non-ortho nitro benzene ring substituents is 1. The molecule has 0 radical (unpaired) electrons. The van der Waals surface area contributed by atoms with Crippen molar-refractivity contribution in [2.75, 3.05) is 0 Å². The van der Waals surface area contributed by atoms with E-state index in [0.717, 1.165) is 0 Å². The van der Waals surface area contributed by atoms with E-state index in [1.54, 1.807) is 30.3 Å². The van der Waals surface area contributed by atoms with Crippen molar-refractivity contribution in [1.82, 2.24) is 0 Å². The number of carboxylic acid groups (broad SMARTS) is 1. The average molecular weight is 322 g/mol. The summed E-state index contributed by atoms with van der Waals surface area (Å²) in [7, 11) is 0. The standard InChI is InChI=1S/C15H12ClNO5/c16-12-6-1-2-7-13(12)22-14(15(18)19)9-10-4-3-5-11(8-10)17(20)21/h1-8,14H,9H2,(H,18,19)/t14-/m0/s1. The van der Waals surface area contributed by atoms with Crippen molar-refractivity contribution in [2.24, 2.45) is 0 Å². The molecule has 2 aromatic carbocycles. The highest BCUT2D eigenvalue weighted by Gasteiger charge is 2.22. The zero-order chi connectivity index (χ0) is 16.1. The fourth-order valence-corrected chi connectivity index (χ4v) is 2.06. The maximum Gasteiger partial charge on any atom is 0.345 e. The third kappa shape index (κ3) is 3.95. The van der Waals surface area contributed by atoms with Crippen LogP contribution in [-0.2, 0) is 11.2 Å². The molecule has 0 unspecified atom stereocenters. The molecule has 0 fully saturated rings. The van der Waals surface area contributed by atoms with Gasteiger partial charge in [-0.2, -0.15) is 0 Å². The van der Waals surface area contributed by atoms with Crippen molar-refractivity contribution in [3.8, 4) is 5.75 Å². The highest BCUT2D eigenvalue weighted by molar-refractivity contribution is 6.32. The number of benzene rings is 2. The second-order valence-electron chi connectivity index (χ2n) is 4.51. The molecular formula is C15H12ClNO5. The van der Waals surface area contributed by atoms with Gasteiger partial charge in [-0.3, -0.25) is 10.1 Å². The van der Waals surface area contributed by atoms with Gasteiger partial charge in [0.15, 0.2) is 6.10 Å². The number of para-hydroxylation sites is 1. The van der Waals surface area contributed by atoms with Gasteiger partial charge in [0.2, 0.25) is 0 Å². The lowest BCUT2D eigenvalue weighted by molar-refractivity contribution is -0.384. The molecule has 6 nitrogen and oxygen atoms in total. The monoisotopic (exact) mass is 321 g/mol. The number of nitrogens with zero attached hydrogens (tertiary/aromatic N) is 1. The number of aliphatic carboxylic acids is 1. The maximum atomic E-state index is 11.3. The molecule has 0 aromatic heterocycles. The topological polar surface area (TPSA) is 89.7 Å². The van der Waals surface area contributed by atoms with Crippen molar-refractivity contribution in [1.29, 1.82) is 0 Å². The molecule has 114 valence electrons. The Balaban J connectivity index is 2.19. The first kappa shape index (κ1) is 15.8. The number of hydrogen-bond acceptors (Lipinski definition) is 4. The van der Waals surface area contributed by atoms with Crippen LogP contribution in [0.4, 0.5) is 5.69 Å². The van der Waals surface area contributed by atoms with Crippen molar-refractivity contribution in [3.05, 3.63) is 69.2 Å². The largest absolute Gasteiger partial charge is 0.478 e. The minimum atomic E-state index is -1.19. The fraction of sp³-hybridized carbons (Fsp3) is 0.133. The molecule has 0 aliphatic rings. The molecule has 0 saturated heterocycles. The Kier molecular flexibility index (Phi) is 4.95. The van der Waals surface area contributed by atoms with Gasteiger partial charge >= 0.3 is 5.97 Å². The quantitative estimate of drug-likeness (QED) is 0.651. The van der Waals surface area contributed by atoms with Crippen LogP contribution in [0.25, 0.3) is 0 Å². The number of rotatable bonds is 6. The lowest BCUT2D eigenvalue weighted by Gasteiger charge is -2.16. The Bertz CT molecular complexity index is 704. The van der Waals surface area contributed by atoms with Crippen LogP contribution in [0.3, 0.4) is 0 Å². The Labute approximate surface area is 131 Å². The normalized spacial score (nSPS) is 11.7. The van der Waals surface area contributed by atoms with Crippen LogP contribution in [0.5, 0.6) is 5.75 Å². The third-order valence-electron chi connectivity index (χ3n) is 2.92. The van der Waals surface area contributed by atoms with E-state index in [9.17, 15) is 20.0 Å². The van der Waals surface area contributed by atoms with Crippen LogP contribution in [-0.4, -0.2) is 22.1 Å². The number of ether oxygens (including phenoxy) is 1. The molecular weight excluding hydrogens is 310 g/mol. The van der Waals surface area contributed by atoms with E-state index in [4.69, 9.17) is 16.3 Å². The molecule has 1 atom stereocenters. The van der Waals surface area contributed by atoms with Gasteiger partial charge in [0.05, 0.1) is 9.95 Å². The highest BCUT2D eigenvalue weighted by Crippen LogP contribution is 2.25. The molecule has 0 aliphatic heterocycles. The Morgan fingerprint density at radius 2 is 2.00 bits per heavy atom. The van der Waals surface area contributed by atoms with Crippen LogP contribution in [0.2, 0.25) is 5.02 Å². The van der Waals surface area contributed by atoms with Crippen molar-refractivity contribution < 1.29 is 19.6 Å². The summed E-state index contributed by atoms with van der Waals surface area (Å²) in [5.74, 6) is -0.923. The second kappa shape index (κ2) is 6.91. The zero-order valence-corrected chi connectivity index (χ0v) is 12.1. The van der Waals surface area contributed by atoms with Crippen molar-refractivity contribution in [2.45, 2.75) is 12.5 Å². The van der Waals surface area contributed by atoms with Crippen LogP contribution in [0.1, 0.15) is 5.56 Å². The predicted molar refractivity (Wildman–Crippen MR) is 80.3 cm³/mol. The van der Waals surface area contributed by atoms with Crippen molar-refractivity contribution in [3.63, 3.8) is 0 Å². The van der Waals surface area contributed by atoms with Crippen molar-refractivity contribution >= 4 is 23.3 Å². The summed E-state index contributed by atoms with van der Waals surface area (Å²) in [6.07, 6.45) is -1.20. The minimum absolute atomic E-state index is 0.0117. The first-order valence-corrected chi connectivity index (χ1v) is 6.72. The van der Waals surface area contributed by atoms with Gasteiger partial charge in [-0.15, -0.1) is 0 Å². The molecule has 2 rings (SSSR count). The molecule has 0 spiro atoms. The first-order valence-electron chi connectivity index (χ1n) is 6.34. The van der Waals surface area contributed by atoms with E-state index in [1.165, 1.54) is 18.2 Å². The summed E-state index contributed by atoms with van der Waals surface area (Å²) in [6, 6.07) is 12.3. The SMILES string of the molecule is O=C(O)[C@H](Cc1cccc([N+](=O)[O-])c1)Oc1ccccc1Cl. The van der Waals surface area contributed by atoms with Gasteiger partial charge in [0.25, 0.3) is 5.69 Å². The summed E-state index contributed by atoms with van der Waals surface area (Å²) in [5.41, 5.74) is 0.396. The summed E-state index contributed by atoms with van der Waals surface area (Å²) in [6.45, 7) is 0. The number of hydrogen-bond donors (Lipinski definition) is 1. The van der Waals surface area contributed by atoms with Crippen LogP contribution >= 0.6 is 11.6 Å². The fourth-order valence-electron chi connectivity index (χ4n) is 1.88. The Hall–Kier alpha value is -2.60. The van der Waals surface area contributed by atoms with Crippen LogP contribution in [0.15, 0.2) is 48.5 Å². The minimum Gasteiger partial charge on any atom is -0.478 e. The average Bonchev–Trinajstić information content (AvgIpc) is 2.49. The molecule has 1 N–H and O–H groups in total. The number of nitro benzene ring substituents is 1. The molecule has 0 saturated carbocycles. The molecule has 7 heteroatoms. The van der Waals surface area contributed by atoms with E-state index >= 15 is 0 Å². The Morgan fingerprint density at radius 3 is 2.64 bits per heavy atom. The van der Waals surface area contributed by atoms with E-state index < -0.39 is 17.0 Å². The molecule has 0 amide bonds. The zero-order valence-electron chi connectivity index (χ0n) is 11.3. The van der Waals surface area contributed by atoms with Crippen LogP contribution in [0, 0.1) is 10.1 Å². The Morgan fingerprint density at radius 1 is 1.27 bits per heavy atom. The van der Waals surface area contributed by atoms with Gasteiger partial charge in [0.1, 0.15) is 5.75 Å². The lowest BCUT2D eigenvalue weighted by Crippen LogP contribution is -2.29. The van der Waals surface area contributed by atoms with E-state index in [-0.39, 0.29) is 17.9 Å². The molecule has 0 bridgehead atoms. The smallest absolute Gasteiger partial charge is 0.345 e. The van der Waals surface area contributed by atoms with Gasteiger partial charge in [-0.25, -0.2) is 4.79 Å². The maximum absolute atomic E-state index is 11.3. The molecule has 0 heterocycles. The van der Waals surface area contributed by atoms with Gasteiger partial charge < -0.3 is 9.84 Å². The number of halogens is 1. The van der Waals surface area contributed by atoms with Gasteiger partial charge in [-0.1, -0.05) is 35.9 Å². The molecule has 0 aliphatic carbocycles. The van der Waals surface area contributed by atoms with Gasteiger partial charge in [0, 0.05) is 18.6 Å². The summed E-state index contributed by atoms with van der Waals surface area (Å²) < 4.78 is 5.41. The number of carbonyl (C=O) groups is 1. The van der Waals surface area contributed by atoms with E-state index in [2.05, 4.69) is 0 Å². The molecule has 2 aromatic rings. The van der Waals surface area contributed by atoms with Crippen LogP contribution < -0.4 is 4.74 Å². The van der Waals surface area contributed by atoms with E-state index in [0.29, 0.717) is 10.6 Å². The molecule has 22 heavy (non-hydrogen) atoms. The highest BCUT2D eigenvalue weighted by atomic mass is 35.5. The summed E-state index contributed by atoms with van der Waals surface area (Å²) in [4.78, 5) is 21.6. The third-order valence-corrected chi connectivity index (χ3v) is 3.24. The van der Waals surface area contributed by atoms with E-state index in [1.807, 2.05) is 0 Å². The first-order chi connectivity index (χ1) is 10.5. The predicted octanol–water partition coefficient (Wildman–Crippen LogP) is 3.32. The summed E-state index contributed by atoms with van der Waals surface area (Å²) in [5, 5.41) is 20.3. The van der Waals surface area contributed by atoms with Gasteiger partial charge in [-0.05, 0) is 17.7 Å². The lowest BCUT2D eigenvalue weighted by atomic mass is 10.1.